The van der Waals surface area contributed by atoms with E-state index in [0.717, 1.165) is 23.4 Å². The standard InChI is InChI=1S/C21H26N2O2S/c1-5-17-7-10-18(11-8-17)23-21(25)16(4)26-13-20(24)22-19-9-6-14(2)15(3)12-19/h6-12,16H,5,13H2,1-4H3,(H,22,24)(H,23,25). The van der Waals surface area contributed by atoms with Crippen LogP contribution in [0.25, 0.3) is 0 Å². The number of carbonyl (C=O) groups is 2. The lowest BCUT2D eigenvalue weighted by molar-refractivity contribution is -0.115. The highest BCUT2D eigenvalue weighted by Crippen LogP contribution is 2.17. The zero-order valence-corrected chi connectivity index (χ0v) is 16.6. The Hall–Kier alpha value is -2.27. The van der Waals surface area contributed by atoms with Crippen LogP contribution in [0.3, 0.4) is 0 Å². The first-order chi connectivity index (χ1) is 12.4. The molecule has 0 aliphatic heterocycles. The number of amides is 2. The van der Waals surface area contributed by atoms with Gasteiger partial charge in [-0.15, -0.1) is 11.8 Å². The molecule has 0 saturated heterocycles. The van der Waals surface area contributed by atoms with E-state index in [1.165, 1.54) is 22.9 Å². The molecule has 0 radical (unpaired) electrons. The molecular formula is C21H26N2O2S. The van der Waals surface area contributed by atoms with E-state index in [4.69, 9.17) is 0 Å². The first-order valence-electron chi connectivity index (χ1n) is 8.77. The number of carbonyl (C=O) groups excluding carboxylic acids is 2. The number of aryl methyl sites for hydroxylation is 3. The summed E-state index contributed by atoms with van der Waals surface area (Å²) in [5.41, 5.74) is 5.12. The first kappa shape index (κ1) is 20.0. The molecule has 0 aliphatic carbocycles. The SMILES string of the molecule is CCc1ccc(NC(=O)C(C)SCC(=O)Nc2ccc(C)c(C)c2)cc1. The minimum absolute atomic E-state index is 0.0989. The fourth-order valence-corrected chi connectivity index (χ4v) is 3.04. The van der Waals surface area contributed by atoms with Crippen molar-refractivity contribution in [3.8, 4) is 0 Å². The Morgan fingerprint density at radius 2 is 1.62 bits per heavy atom. The third kappa shape index (κ3) is 5.92. The van der Waals surface area contributed by atoms with Gasteiger partial charge in [0.05, 0.1) is 11.0 Å². The Labute approximate surface area is 159 Å². The van der Waals surface area contributed by atoms with E-state index in [1.54, 1.807) is 0 Å². The summed E-state index contributed by atoms with van der Waals surface area (Å²) < 4.78 is 0. The molecule has 1 unspecified atom stereocenters. The number of hydrogen-bond acceptors (Lipinski definition) is 3. The number of rotatable bonds is 7. The van der Waals surface area contributed by atoms with Gasteiger partial charge in [0.2, 0.25) is 11.8 Å². The second-order valence-corrected chi connectivity index (χ2v) is 7.67. The molecule has 0 aromatic heterocycles. The van der Waals surface area contributed by atoms with Crippen LogP contribution in [0.1, 0.15) is 30.5 Å². The third-order valence-corrected chi connectivity index (χ3v) is 5.40. The van der Waals surface area contributed by atoms with Crippen LogP contribution in [0.4, 0.5) is 11.4 Å². The highest BCUT2D eigenvalue weighted by atomic mass is 32.2. The maximum absolute atomic E-state index is 12.3. The molecule has 2 aromatic carbocycles. The summed E-state index contributed by atoms with van der Waals surface area (Å²) in [7, 11) is 0. The maximum Gasteiger partial charge on any atom is 0.237 e. The van der Waals surface area contributed by atoms with E-state index >= 15 is 0 Å². The van der Waals surface area contributed by atoms with Crippen LogP contribution in [0.5, 0.6) is 0 Å². The topological polar surface area (TPSA) is 58.2 Å². The van der Waals surface area contributed by atoms with Crippen molar-refractivity contribution in [2.24, 2.45) is 0 Å². The summed E-state index contributed by atoms with van der Waals surface area (Å²) in [5, 5.41) is 5.45. The number of thioether (sulfide) groups is 1. The lowest BCUT2D eigenvalue weighted by Gasteiger charge is -2.13. The normalized spacial score (nSPS) is 11.7. The van der Waals surface area contributed by atoms with E-state index in [1.807, 2.05) is 63.2 Å². The number of anilines is 2. The second-order valence-electron chi connectivity index (χ2n) is 6.34. The Bertz CT molecular complexity index is 772. The summed E-state index contributed by atoms with van der Waals surface area (Å²) in [4.78, 5) is 24.4. The van der Waals surface area contributed by atoms with Gasteiger partial charge in [0, 0.05) is 11.4 Å². The molecule has 2 aromatic rings. The van der Waals surface area contributed by atoms with Crippen molar-refractivity contribution in [2.75, 3.05) is 16.4 Å². The molecule has 2 rings (SSSR count). The van der Waals surface area contributed by atoms with Gasteiger partial charge in [0.15, 0.2) is 0 Å². The van der Waals surface area contributed by atoms with Crippen LogP contribution in [0.15, 0.2) is 42.5 Å². The Morgan fingerprint density at radius 3 is 2.23 bits per heavy atom. The molecule has 26 heavy (non-hydrogen) atoms. The largest absolute Gasteiger partial charge is 0.325 e. The van der Waals surface area contributed by atoms with Crippen LogP contribution < -0.4 is 10.6 Å². The quantitative estimate of drug-likeness (QED) is 0.751. The van der Waals surface area contributed by atoms with Crippen molar-refractivity contribution in [2.45, 2.75) is 39.4 Å². The predicted octanol–water partition coefficient (Wildman–Crippen LogP) is 4.56. The maximum atomic E-state index is 12.3. The van der Waals surface area contributed by atoms with Crippen LogP contribution >= 0.6 is 11.8 Å². The monoisotopic (exact) mass is 370 g/mol. The van der Waals surface area contributed by atoms with Gasteiger partial charge in [0.25, 0.3) is 0 Å². The molecule has 4 nitrogen and oxygen atoms in total. The van der Waals surface area contributed by atoms with Crippen molar-refractivity contribution < 1.29 is 9.59 Å². The summed E-state index contributed by atoms with van der Waals surface area (Å²) in [5.74, 6) is 0.0273. The van der Waals surface area contributed by atoms with E-state index in [-0.39, 0.29) is 22.8 Å². The zero-order chi connectivity index (χ0) is 19.1. The first-order valence-corrected chi connectivity index (χ1v) is 9.82. The predicted molar refractivity (Wildman–Crippen MR) is 111 cm³/mol. The molecule has 5 heteroatoms. The minimum atomic E-state index is -0.314. The minimum Gasteiger partial charge on any atom is -0.325 e. The summed E-state index contributed by atoms with van der Waals surface area (Å²) in [6.07, 6.45) is 0.968. The van der Waals surface area contributed by atoms with Gasteiger partial charge in [-0.3, -0.25) is 9.59 Å². The summed E-state index contributed by atoms with van der Waals surface area (Å²) in [6.45, 7) is 7.95. The molecule has 138 valence electrons. The summed E-state index contributed by atoms with van der Waals surface area (Å²) in [6, 6.07) is 13.6. The number of nitrogens with one attached hydrogen (secondary N) is 2. The van der Waals surface area contributed by atoms with E-state index in [2.05, 4.69) is 17.6 Å². The van der Waals surface area contributed by atoms with Crippen molar-refractivity contribution in [3.05, 3.63) is 59.2 Å². The second kappa shape index (κ2) is 9.43. The summed E-state index contributed by atoms with van der Waals surface area (Å²) >= 11 is 1.32. The van der Waals surface area contributed by atoms with Crippen LogP contribution in [0, 0.1) is 13.8 Å². The Kier molecular flexibility index (Phi) is 7.27. The van der Waals surface area contributed by atoms with Gasteiger partial charge in [-0.25, -0.2) is 0 Å². The lowest BCUT2D eigenvalue weighted by Crippen LogP contribution is -2.25. The molecule has 0 aliphatic rings. The van der Waals surface area contributed by atoms with Crippen molar-refractivity contribution in [1.29, 1.82) is 0 Å². The third-order valence-electron chi connectivity index (χ3n) is 4.25. The van der Waals surface area contributed by atoms with Crippen molar-refractivity contribution in [3.63, 3.8) is 0 Å². The number of hydrogen-bond donors (Lipinski definition) is 2. The molecule has 0 fully saturated rings. The molecule has 0 saturated carbocycles. The van der Waals surface area contributed by atoms with E-state index in [0.29, 0.717) is 0 Å². The molecule has 0 bridgehead atoms. The van der Waals surface area contributed by atoms with Gasteiger partial charge in [-0.2, -0.15) is 0 Å². The molecule has 0 heterocycles. The fraction of sp³-hybridized carbons (Fsp3) is 0.333. The lowest BCUT2D eigenvalue weighted by atomic mass is 10.1. The van der Waals surface area contributed by atoms with Crippen LogP contribution in [0.2, 0.25) is 0 Å². The Morgan fingerprint density at radius 1 is 0.962 bits per heavy atom. The molecule has 0 spiro atoms. The fourth-order valence-electron chi connectivity index (χ4n) is 2.36. The molecule has 2 amide bonds. The molecule has 1 atom stereocenters. The van der Waals surface area contributed by atoms with Gasteiger partial charge < -0.3 is 10.6 Å². The van der Waals surface area contributed by atoms with Crippen LogP contribution in [-0.4, -0.2) is 22.8 Å². The van der Waals surface area contributed by atoms with Crippen molar-refractivity contribution >= 4 is 35.0 Å². The number of benzene rings is 2. The van der Waals surface area contributed by atoms with Gasteiger partial charge in [-0.05, 0) is 68.1 Å². The zero-order valence-electron chi connectivity index (χ0n) is 15.8. The van der Waals surface area contributed by atoms with Gasteiger partial charge in [0.1, 0.15) is 0 Å². The average molecular weight is 371 g/mol. The van der Waals surface area contributed by atoms with E-state index < -0.39 is 0 Å². The smallest absolute Gasteiger partial charge is 0.237 e. The van der Waals surface area contributed by atoms with Crippen molar-refractivity contribution in [1.82, 2.24) is 0 Å². The van der Waals surface area contributed by atoms with Gasteiger partial charge in [-0.1, -0.05) is 25.1 Å². The van der Waals surface area contributed by atoms with Gasteiger partial charge >= 0.3 is 0 Å². The highest BCUT2D eigenvalue weighted by Gasteiger charge is 2.15. The van der Waals surface area contributed by atoms with E-state index in [9.17, 15) is 9.59 Å². The van der Waals surface area contributed by atoms with Crippen LogP contribution in [-0.2, 0) is 16.0 Å². The average Bonchev–Trinajstić information content (AvgIpc) is 2.63. The molecule has 2 N–H and O–H groups in total. The molecular weight excluding hydrogens is 344 g/mol. The highest BCUT2D eigenvalue weighted by molar-refractivity contribution is 8.01. The Balaban J connectivity index is 1.80.